The molecule has 3 nitrogen and oxygen atoms in total. The number of benzene rings is 1. The highest BCUT2D eigenvalue weighted by molar-refractivity contribution is 6.21. The molecule has 2 unspecified atom stereocenters. The molecule has 1 fully saturated rings. The average Bonchev–Trinajstić information content (AvgIpc) is 2.91. The fourth-order valence-electron chi connectivity index (χ4n) is 2.33. The smallest absolute Gasteiger partial charge is 0.161 e. The molecule has 0 amide bonds. The van der Waals surface area contributed by atoms with Crippen molar-refractivity contribution in [2.45, 2.75) is 31.2 Å². The predicted octanol–water partition coefficient (Wildman–Crippen LogP) is 3.47. The number of alkyl halides is 1. The Hall–Kier alpha value is -0.930. The zero-order chi connectivity index (χ0) is 13.1. The molecule has 1 aromatic rings. The van der Waals surface area contributed by atoms with E-state index in [9.17, 15) is 0 Å². The van der Waals surface area contributed by atoms with E-state index >= 15 is 0 Å². The van der Waals surface area contributed by atoms with Gasteiger partial charge in [0.15, 0.2) is 11.5 Å². The van der Waals surface area contributed by atoms with Gasteiger partial charge in [-0.25, -0.2) is 0 Å². The standard InChI is InChI=1S/C14H19ClO3/c1-9-7-12(16-2)13(17-3)8-10(9)14(15)11-5-4-6-18-11/h7-8,11,14H,4-6H2,1-3H3. The van der Waals surface area contributed by atoms with Gasteiger partial charge in [-0.2, -0.15) is 0 Å². The van der Waals surface area contributed by atoms with Gasteiger partial charge in [0.05, 0.1) is 25.7 Å². The third kappa shape index (κ3) is 2.57. The minimum atomic E-state index is -0.132. The summed E-state index contributed by atoms with van der Waals surface area (Å²) in [4.78, 5) is 0. The highest BCUT2D eigenvalue weighted by Gasteiger charge is 2.27. The van der Waals surface area contributed by atoms with Crippen LogP contribution in [0, 0.1) is 6.92 Å². The van der Waals surface area contributed by atoms with E-state index < -0.39 is 0 Å². The van der Waals surface area contributed by atoms with Crippen molar-refractivity contribution < 1.29 is 14.2 Å². The lowest BCUT2D eigenvalue weighted by Crippen LogP contribution is -2.14. The van der Waals surface area contributed by atoms with Crippen LogP contribution in [0.5, 0.6) is 11.5 Å². The average molecular weight is 271 g/mol. The van der Waals surface area contributed by atoms with E-state index in [1.54, 1.807) is 14.2 Å². The second kappa shape index (κ2) is 5.81. The molecule has 0 aromatic heterocycles. The number of ether oxygens (including phenoxy) is 3. The molecular formula is C14H19ClO3. The molecule has 0 saturated carbocycles. The highest BCUT2D eigenvalue weighted by Crippen LogP contribution is 2.39. The van der Waals surface area contributed by atoms with Crippen molar-refractivity contribution in [3.05, 3.63) is 23.3 Å². The van der Waals surface area contributed by atoms with Crippen LogP contribution in [0.4, 0.5) is 0 Å². The lowest BCUT2D eigenvalue weighted by atomic mass is 9.99. The molecule has 1 heterocycles. The van der Waals surface area contributed by atoms with Crippen LogP contribution in [0.2, 0.25) is 0 Å². The Morgan fingerprint density at radius 2 is 1.94 bits per heavy atom. The number of hydrogen-bond acceptors (Lipinski definition) is 3. The van der Waals surface area contributed by atoms with Crippen LogP contribution in [-0.2, 0) is 4.74 Å². The third-order valence-electron chi connectivity index (χ3n) is 3.36. The predicted molar refractivity (Wildman–Crippen MR) is 71.9 cm³/mol. The van der Waals surface area contributed by atoms with Gasteiger partial charge in [-0.3, -0.25) is 0 Å². The topological polar surface area (TPSA) is 27.7 Å². The molecular weight excluding hydrogens is 252 g/mol. The van der Waals surface area contributed by atoms with Crippen LogP contribution in [0.1, 0.15) is 29.3 Å². The lowest BCUT2D eigenvalue weighted by Gasteiger charge is -2.20. The molecule has 0 aliphatic carbocycles. The number of aryl methyl sites for hydroxylation is 1. The van der Waals surface area contributed by atoms with Crippen molar-refractivity contribution in [1.82, 2.24) is 0 Å². The zero-order valence-electron chi connectivity index (χ0n) is 11.0. The largest absolute Gasteiger partial charge is 0.493 e. The van der Waals surface area contributed by atoms with Gasteiger partial charge in [-0.05, 0) is 43.0 Å². The molecule has 0 bridgehead atoms. The lowest BCUT2D eigenvalue weighted by molar-refractivity contribution is 0.107. The highest BCUT2D eigenvalue weighted by atomic mass is 35.5. The summed E-state index contributed by atoms with van der Waals surface area (Å²) in [6.07, 6.45) is 2.20. The second-order valence-electron chi connectivity index (χ2n) is 4.52. The third-order valence-corrected chi connectivity index (χ3v) is 3.88. The van der Waals surface area contributed by atoms with E-state index in [-0.39, 0.29) is 11.5 Å². The van der Waals surface area contributed by atoms with Gasteiger partial charge in [-0.1, -0.05) is 0 Å². The first-order valence-corrected chi connectivity index (χ1v) is 6.59. The molecule has 2 atom stereocenters. The van der Waals surface area contributed by atoms with Gasteiger partial charge in [0.2, 0.25) is 0 Å². The van der Waals surface area contributed by atoms with E-state index in [2.05, 4.69) is 0 Å². The van der Waals surface area contributed by atoms with Crippen LogP contribution in [0.15, 0.2) is 12.1 Å². The van der Waals surface area contributed by atoms with E-state index in [0.717, 1.165) is 36.3 Å². The van der Waals surface area contributed by atoms with Gasteiger partial charge in [0.25, 0.3) is 0 Å². The molecule has 0 spiro atoms. The van der Waals surface area contributed by atoms with Crippen LogP contribution >= 0.6 is 11.6 Å². The van der Waals surface area contributed by atoms with Crippen LogP contribution in [0.25, 0.3) is 0 Å². The monoisotopic (exact) mass is 270 g/mol. The Morgan fingerprint density at radius 3 is 2.50 bits per heavy atom. The van der Waals surface area contributed by atoms with E-state index in [1.165, 1.54) is 0 Å². The first-order valence-electron chi connectivity index (χ1n) is 6.15. The summed E-state index contributed by atoms with van der Waals surface area (Å²) in [5.41, 5.74) is 2.16. The minimum absolute atomic E-state index is 0.100. The Kier molecular flexibility index (Phi) is 4.36. The molecule has 1 aliphatic heterocycles. The Labute approximate surface area is 113 Å². The number of hydrogen-bond donors (Lipinski definition) is 0. The molecule has 0 radical (unpaired) electrons. The van der Waals surface area contributed by atoms with Crippen molar-refractivity contribution in [2.75, 3.05) is 20.8 Å². The molecule has 0 N–H and O–H groups in total. The summed E-state index contributed by atoms with van der Waals surface area (Å²) in [7, 11) is 3.27. The van der Waals surface area contributed by atoms with Crippen LogP contribution in [-0.4, -0.2) is 26.9 Å². The molecule has 100 valence electrons. The summed E-state index contributed by atoms with van der Waals surface area (Å²) < 4.78 is 16.2. The number of rotatable bonds is 4. The zero-order valence-corrected chi connectivity index (χ0v) is 11.8. The van der Waals surface area contributed by atoms with E-state index in [1.807, 2.05) is 19.1 Å². The van der Waals surface area contributed by atoms with Crippen molar-refractivity contribution in [1.29, 1.82) is 0 Å². The fraction of sp³-hybridized carbons (Fsp3) is 0.571. The molecule has 1 aromatic carbocycles. The van der Waals surface area contributed by atoms with Crippen LogP contribution < -0.4 is 9.47 Å². The van der Waals surface area contributed by atoms with Gasteiger partial charge < -0.3 is 14.2 Å². The van der Waals surface area contributed by atoms with Crippen molar-refractivity contribution in [2.24, 2.45) is 0 Å². The fourth-order valence-corrected chi connectivity index (χ4v) is 2.76. The maximum absolute atomic E-state index is 6.52. The normalized spacial score (nSPS) is 20.8. The number of methoxy groups -OCH3 is 2. The summed E-state index contributed by atoms with van der Waals surface area (Å²) in [6.45, 7) is 2.84. The van der Waals surface area contributed by atoms with Crippen molar-refractivity contribution in [3.63, 3.8) is 0 Å². The Morgan fingerprint density at radius 1 is 1.28 bits per heavy atom. The van der Waals surface area contributed by atoms with Gasteiger partial charge in [0, 0.05) is 6.61 Å². The van der Waals surface area contributed by atoms with Crippen molar-refractivity contribution >= 4 is 11.6 Å². The number of halogens is 1. The second-order valence-corrected chi connectivity index (χ2v) is 4.99. The Balaban J connectivity index is 2.31. The van der Waals surface area contributed by atoms with Crippen LogP contribution in [0.3, 0.4) is 0 Å². The first-order chi connectivity index (χ1) is 8.67. The first kappa shape index (κ1) is 13.5. The summed E-state index contributed by atoms with van der Waals surface area (Å²) in [6, 6.07) is 3.91. The molecule has 18 heavy (non-hydrogen) atoms. The molecule has 2 rings (SSSR count). The molecule has 1 saturated heterocycles. The maximum Gasteiger partial charge on any atom is 0.161 e. The summed E-state index contributed by atoms with van der Waals surface area (Å²) in [5.74, 6) is 1.44. The van der Waals surface area contributed by atoms with E-state index in [0.29, 0.717) is 5.75 Å². The molecule has 4 heteroatoms. The summed E-state index contributed by atoms with van der Waals surface area (Å²) in [5, 5.41) is -0.132. The van der Waals surface area contributed by atoms with Gasteiger partial charge >= 0.3 is 0 Å². The Bertz CT molecular complexity index is 414. The van der Waals surface area contributed by atoms with Gasteiger partial charge in [0.1, 0.15) is 0 Å². The molecule has 1 aliphatic rings. The minimum Gasteiger partial charge on any atom is -0.493 e. The maximum atomic E-state index is 6.52. The quantitative estimate of drug-likeness (QED) is 0.784. The summed E-state index contributed by atoms with van der Waals surface area (Å²) >= 11 is 6.52. The van der Waals surface area contributed by atoms with E-state index in [4.69, 9.17) is 25.8 Å². The SMILES string of the molecule is COc1cc(C)c(C(Cl)C2CCCO2)cc1OC. The van der Waals surface area contributed by atoms with Crippen molar-refractivity contribution in [3.8, 4) is 11.5 Å². The van der Waals surface area contributed by atoms with Gasteiger partial charge in [-0.15, -0.1) is 11.6 Å².